The standard InChI is InChI=1S/C25H31ClN4O/c26-18-2-5-19(6-3-18)29-11-13-30(14-12-29)20-4-1-17(15-20)23-27-22-7-8-25(9-10-25)16-21(22)24(31)28-23/h2-3,5-6,17,20H,1,4,7-16H2,(H,27,28,31)/t17?,20-/m0/s1. The number of fused-ring (bicyclic) bond motifs is 1. The number of aryl methyl sites for hydroxylation is 1. The van der Waals surface area contributed by atoms with E-state index in [2.05, 4.69) is 26.9 Å². The van der Waals surface area contributed by atoms with Gasteiger partial charge in [0.25, 0.3) is 5.56 Å². The van der Waals surface area contributed by atoms with Crippen LogP contribution in [-0.2, 0) is 12.8 Å². The maximum absolute atomic E-state index is 12.8. The lowest BCUT2D eigenvalue weighted by Gasteiger charge is -2.39. The molecule has 5 nitrogen and oxygen atoms in total. The Labute approximate surface area is 188 Å². The minimum Gasteiger partial charge on any atom is -0.369 e. The van der Waals surface area contributed by atoms with Gasteiger partial charge in [0, 0.05) is 54.4 Å². The largest absolute Gasteiger partial charge is 0.369 e. The summed E-state index contributed by atoms with van der Waals surface area (Å²) in [4.78, 5) is 26.1. The topological polar surface area (TPSA) is 52.2 Å². The number of hydrogen-bond donors (Lipinski definition) is 1. The van der Waals surface area contributed by atoms with Crippen LogP contribution in [0, 0.1) is 5.41 Å². The quantitative estimate of drug-likeness (QED) is 0.782. The third-order valence-electron chi connectivity index (χ3n) is 8.33. The number of hydrogen-bond acceptors (Lipinski definition) is 4. The molecule has 1 aromatic carbocycles. The zero-order chi connectivity index (χ0) is 21.0. The summed E-state index contributed by atoms with van der Waals surface area (Å²) in [6, 6.07) is 8.79. The lowest BCUT2D eigenvalue weighted by molar-refractivity contribution is 0.186. The fourth-order valence-corrected chi connectivity index (χ4v) is 6.26. The molecule has 1 aromatic heterocycles. The summed E-state index contributed by atoms with van der Waals surface area (Å²) in [5, 5.41) is 0.792. The number of anilines is 1. The summed E-state index contributed by atoms with van der Waals surface area (Å²) >= 11 is 6.03. The Hall–Kier alpha value is -1.85. The van der Waals surface area contributed by atoms with Gasteiger partial charge in [-0.2, -0.15) is 0 Å². The van der Waals surface area contributed by atoms with Crippen molar-refractivity contribution in [3.63, 3.8) is 0 Å². The van der Waals surface area contributed by atoms with Crippen molar-refractivity contribution in [1.82, 2.24) is 14.9 Å². The number of nitrogens with zero attached hydrogens (tertiary/aromatic N) is 3. The molecule has 4 aliphatic rings. The van der Waals surface area contributed by atoms with E-state index in [-0.39, 0.29) is 5.56 Å². The van der Waals surface area contributed by atoms with Gasteiger partial charge in [0.05, 0.1) is 5.69 Å². The Bertz CT molecular complexity index is 1020. The molecule has 6 rings (SSSR count). The van der Waals surface area contributed by atoms with Gasteiger partial charge in [-0.05, 0) is 81.0 Å². The van der Waals surface area contributed by atoms with Crippen LogP contribution in [0.15, 0.2) is 29.1 Å². The molecule has 1 spiro atoms. The van der Waals surface area contributed by atoms with Crippen LogP contribution in [0.2, 0.25) is 5.02 Å². The van der Waals surface area contributed by atoms with E-state index in [4.69, 9.17) is 16.6 Å². The Morgan fingerprint density at radius 1 is 1.03 bits per heavy atom. The fraction of sp³-hybridized carbons (Fsp3) is 0.600. The maximum Gasteiger partial charge on any atom is 0.254 e. The predicted molar refractivity (Wildman–Crippen MR) is 124 cm³/mol. The van der Waals surface area contributed by atoms with Gasteiger partial charge in [0.1, 0.15) is 5.82 Å². The monoisotopic (exact) mass is 438 g/mol. The van der Waals surface area contributed by atoms with Crippen LogP contribution in [-0.4, -0.2) is 47.1 Å². The molecule has 31 heavy (non-hydrogen) atoms. The van der Waals surface area contributed by atoms with Crippen molar-refractivity contribution in [2.45, 2.75) is 63.3 Å². The summed E-state index contributed by atoms with van der Waals surface area (Å²) in [5.41, 5.74) is 3.94. The smallest absolute Gasteiger partial charge is 0.254 e. The van der Waals surface area contributed by atoms with E-state index in [9.17, 15) is 4.79 Å². The third kappa shape index (κ3) is 3.80. The predicted octanol–water partition coefficient (Wildman–Crippen LogP) is 4.15. The van der Waals surface area contributed by atoms with E-state index in [1.54, 1.807) is 0 Å². The molecule has 3 fully saturated rings. The van der Waals surface area contributed by atoms with Crippen molar-refractivity contribution in [3.8, 4) is 0 Å². The second-order valence-corrected chi connectivity index (χ2v) is 10.7. The molecule has 6 heteroatoms. The van der Waals surface area contributed by atoms with Crippen molar-refractivity contribution in [1.29, 1.82) is 0 Å². The molecule has 3 aliphatic carbocycles. The van der Waals surface area contributed by atoms with E-state index < -0.39 is 0 Å². The number of rotatable bonds is 3. The molecule has 1 saturated heterocycles. The lowest BCUT2D eigenvalue weighted by Crippen LogP contribution is -2.49. The molecule has 0 radical (unpaired) electrons. The molecule has 1 aliphatic heterocycles. The minimum absolute atomic E-state index is 0.144. The highest BCUT2D eigenvalue weighted by molar-refractivity contribution is 6.30. The van der Waals surface area contributed by atoms with Crippen molar-refractivity contribution >= 4 is 17.3 Å². The Balaban J connectivity index is 1.09. The molecule has 2 aromatic rings. The molecule has 0 bridgehead atoms. The SMILES string of the molecule is O=c1[nH]c(C2CC[C@H](N3CCN(c4ccc(Cl)cc4)CC3)C2)nc2c1CC1(CC2)CC1. The van der Waals surface area contributed by atoms with Gasteiger partial charge in [0.2, 0.25) is 0 Å². The van der Waals surface area contributed by atoms with Gasteiger partial charge >= 0.3 is 0 Å². The lowest BCUT2D eigenvalue weighted by atomic mass is 9.84. The number of aromatic amines is 1. The molecule has 2 heterocycles. The molecule has 164 valence electrons. The van der Waals surface area contributed by atoms with Crippen LogP contribution in [0.4, 0.5) is 5.69 Å². The number of halogens is 1. The van der Waals surface area contributed by atoms with Crippen molar-refractivity contribution in [3.05, 3.63) is 56.7 Å². The van der Waals surface area contributed by atoms with Crippen LogP contribution in [0.25, 0.3) is 0 Å². The number of nitrogens with one attached hydrogen (secondary N) is 1. The first-order valence-corrected chi connectivity index (χ1v) is 12.3. The van der Waals surface area contributed by atoms with Crippen LogP contribution in [0.5, 0.6) is 0 Å². The first-order valence-electron chi connectivity index (χ1n) is 12.0. The van der Waals surface area contributed by atoms with E-state index in [0.717, 1.165) is 74.0 Å². The maximum atomic E-state index is 12.8. The number of H-pyrrole nitrogens is 1. The first-order chi connectivity index (χ1) is 15.1. The molecule has 1 unspecified atom stereocenters. The van der Waals surface area contributed by atoms with Gasteiger partial charge in [-0.15, -0.1) is 0 Å². The molecular weight excluding hydrogens is 408 g/mol. The Kier molecular flexibility index (Phi) is 4.87. The average molecular weight is 439 g/mol. The molecule has 2 atom stereocenters. The van der Waals surface area contributed by atoms with Crippen LogP contribution in [0.1, 0.15) is 61.5 Å². The highest BCUT2D eigenvalue weighted by Gasteiger charge is 2.46. The van der Waals surface area contributed by atoms with E-state index in [1.165, 1.54) is 31.4 Å². The zero-order valence-corrected chi connectivity index (χ0v) is 18.8. The molecular formula is C25H31ClN4O. The summed E-state index contributed by atoms with van der Waals surface area (Å²) < 4.78 is 0. The number of benzene rings is 1. The number of aromatic nitrogens is 2. The highest BCUT2D eigenvalue weighted by Crippen LogP contribution is 2.54. The summed E-state index contributed by atoms with van der Waals surface area (Å²) in [7, 11) is 0. The Morgan fingerprint density at radius 2 is 1.81 bits per heavy atom. The minimum atomic E-state index is 0.144. The van der Waals surface area contributed by atoms with E-state index in [0.29, 0.717) is 17.4 Å². The van der Waals surface area contributed by atoms with Gasteiger partial charge < -0.3 is 9.88 Å². The summed E-state index contributed by atoms with van der Waals surface area (Å²) in [6.45, 7) is 4.30. The van der Waals surface area contributed by atoms with Gasteiger partial charge in [-0.3, -0.25) is 9.69 Å². The Morgan fingerprint density at radius 3 is 2.55 bits per heavy atom. The third-order valence-corrected chi connectivity index (χ3v) is 8.59. The van der Waals surface area contributed by atoms with Crippen LogP contribution in [0.3, 0.4) is 0 Å². The zero-order valence-electron chi connectivity index (χ0n) is 18.1. The molecule has 1 N–H and O–H groups in total. The van der Waals surface area contributed by atoms with Crippen LogP contribution >= 0.6 is 11.6 Å². The van der Waals surface area contributed by atoms with E-state index >= 15 is 0 Å². The van der Waals surface area contributed by atoms with Crippen molar-refractivity contribution in [2.75, 3.05) is 31.1 Å². The first kappa shape index (κ1) is 19.8. The molecule has 0 amide bonds. The van der Waals surface area contributed by atoms with E-state index in [1.807, 2.05) is 12.1 Å². The fourth-order valence-electron chi connectivity index (χ4n) is 6.13. The summed E-state index contributed by atoms with van der Waals surface area (Å²) in [5.74, 6) is 1.35. The average Bonchev–Trinajstić information content (AvgIpc) is 3.35. The second-order valence-electron chi connectivity index (χ2n) is 10.2. The normalized spacial score (nSPS) is 27.5. The van der Waals surface area contributed by atoms with Crippen LogP contribution < -0.4 is 10.5 Å². The second kappa shape index (κ2) is 7.63. The van der Waals surface area contributed by atoms with Gasteiger partial charge in [0.15, 0.2) is 0 Å². The van der Waals surface area contributed by atoms with Gasteiger partial charge in [-0.25, -0.2) is 4.98 Å². The highest BCUT2D eigenvalue weighted by atomic mass is 35.5. The van der Waals surface area contributed by atoms with Crippen molar-refractivity contribution in [2.24, 2.45) is 5.41 Å². The van der Waals surface area contributed by atoms with Gasteiger partial charge in [-0.1, -0.05) is 11.6 Å². The molecule has 2 saturated carbocycles. The summed E-state index contributed by atoms with van der Waals surface area (Å²) in [6.07, 6.45) is 9.22. The van der Waals surface area contributed by atoms with Crippen molar-refractivity contribution < 1.29 is 0 Å². The number of piperazine rings is 1.